The first kappa shape index (κ1) is 13.9. The van der Waals surface area contributed by atoms with E-state index in [4.69, 9.17) is 0 Å². The van der Waals surface area contributed by atoms with Gasteiger partial charge in [0, 0.05) is 18.7 Å². The van der Waals surface area contributed by atoms with Crippen LogP contribution >= 0.6 is 11.8 Å². The van der Waals surface area contributed by atoms with Crippen molar-refractivity contribution >= 4 is 21.6 Å². The minimum atomic E-state index is -2.80. The SMILES string of the molecule is CC(C)Sc1nnc(CC2CCS(=O)(=O)C2)n1C. The molecule has 2 rings (SSSR count). The van der Waals surface area contributed by atoms with Gasteiger partial charge in [-0.1, -0.05) is 25.6 Å². The van der Waals surface area contributed by atoms with E-state index in [1.54, 1.807) is 11.8 Å². The molecule has 0 bridgehead atoms. The Hall–Kier alpha value is -0.560. The first-order valence-electron chi connectivity index (χ1n) is 6.13. The highest BCUT2D eigenvalue weighted by atomic mass is 32.2. The van der Waals surface area contributed by atoms with E-state index in [9.17, 15) is 8.42 Å². The van der Waals surface area contributed by atoms with Crippen LogP contribution in [0.3, 0.4) is 0 Å². The number of rotatable bonds is 4. The molecule has 1 fully saturated rings. The Morgan fingerprint density at radius 1 is 1.44 bits per heavy atom. The topological polar surface area (TPSA) is 64.8 Å². The zero-order chi connectivity index (χ0) is 13.3. The summed E-state index contributed by atoms with van der Waals surface area (Å²) in [5.41, 5.74) is 0. The maximum absolute atomic E-state index is 11.4. The van der Waals surface area contributed by atoms with Crippen molar-refractivity contribution < 1.29 is 8.42 Å². The smallest absolute Gasteiger partial charge is 0.191 e. The Labute approximate surface area is 112 Å². The third-order valence-corrected chi connectivity index (χ3v) is 5.94. The van der Waals surface area contributed by atoms with Crippen LogP contribution in [0, 0.1) is 5.92 Å². The van der Waals surface area contributed by atoms with Crippen LogP contribution in [0.4, 0.5) is 0 Å². The molecule has 1 atom stereocenters. The second-order valence-electron chi connectivity index (χ2n) is 5.10. The Morgan fingerprint density at radius 3 is 2.72 bits per heavy atom. The van der Waals surface area contributed by atoms with Crippen LogP contribution in [0.15, 0.2) is 5.16 Å². The highest BCUT2D eigenvalue weighted by Gasteiger charge is 2.29. The molecule has 0 radical (unpaired) electrons. The van der Waals surface area contributed by atoms with E-state index in [0.29, 0.717) is 23.2 Å². The second-order valence-corrected chi connectivity index (χ2v) is 8.87. The van der Waals surface area contributed by atoms with Crippen LogP contribution in [0.1, 0.15) is 26.1 Å². The van der Waals surface area contributed by atoms with Crippen LogP contribution in [-0.4, -0.2) is 39.9 Å². The summed E-state index contributed by atoms with van der Waals surface area (Å²) in [6.45, 7) is 4.23. The van der Waals surface area contributed by atoms with Gasteiger partial charge in [0.25, 0.3) is 0 Å². The van der Waals surface area contributed by atoms with Gasteiger partial charge in [-0.3, -0.25) is 0 Å². The molecule has 7 heteroatoms. The summed E-state index contributed by atoms with van der Waals surface area (Å²) in [6, 6.07) is 0. The fourth-order valence-corrected chi connectivity index (χ4v) is 4.76. The summed E-state index contributed by atoms with van der Waals surface area (Å²) in [7, 11) is -0.855. The molecule has 0 amide bonds. The van der Waals surface area contributed by atoms with Crippen molar-refractivity contribution in [1.82, 2.24) is 14.8 Å². The molecule has 1 aromatic heterocycles. The fourth-order valence-electron chi connectivity index (χ4n) is 2.13. The van der Waals surface area contributed by atoms with Crippen molar-refractivity contribution in [2.75, 3.05) is 11.5 Å². The maximum Gasteiger partial charge on any atom is 0.191 e. The monoisotopic (exact) mass is 289 g/mol. The number of aromatic nitrogens is 3. The highest BCUT2D eigenvalue weighted by Crippen LogP contribution is 2.25. The van der Waals surface area contributed by atoms with Gasteiger partial charge >= 0.3 is 0 Å². The lowest BCUT2D eigenvalue weighted by Gasteiger charge is -2.08. The third kappa shape index (κ3) is 3.26. The van der Waals surface area contributed by atoms with Crippen molar-refractivity contribution in [2.24, 2.45) is 13.0 Å². The summed E-state index contributed by atoms with van der Waals surface area (Å²) < 4.78 is 24.8. The number of sulfone groups is 1. The van der Waals surface area contributed by atoms with E-state index in [1.807, 2.05) is 11.6 Å². The molecule has 1 aliphatic rings. The van der Waals surface area contributed by atoms with Crippen LogP contribution < -0.4 is 0 Å². The quantitative estimate of drug-likeness (QED) is 0.782. The van der Waals surface area contributed by atoms with Gasteiger partial charge in [-0.05, 0) is 12.3 Å². The minimum absolute atomic E-state index is 0.204. The number of hydrogen-bond donors (Lipinski definition) is 0. The molecule has 1 aromatic rings. The summed E-state index contributed by atoms with van der Waals surface area (Å²) >= 11 is 1.67. The predicted molar refractivity (Wildman–Crippen MR) is 72.5 cm³/mol. The molecular formula is C11H19N3O2S2. The largest absolute Gasteiger partial charge is 0.309 e. The standard InChI is InChI=1S/C11H19N3O2S2/c1-8(2)17-11-13-12-10(14(11)3)6-9-4-5-18(15,16)7-9/h8-9H,4-7H2,1-3H3. The van der Waals surface area contributed by atoms with E-state index in [2.05, 4.69) is 24.0 Å². The van der Waals surface area contributed by atoms with Crippen molar-refractivity contribution in [3.05, 3.63) is 5.82 Å². The lowest BCUT2D eigenvalue weighted by Crippen LogP contribution is -2.11. The van der Waals surface area contributed by atoms with Gasteiger partial charge in [-0.2, -0.15) is 0 Å². The van der Waals surface area contributed by atoms with Gasteiger partial charge in [0.2, 0.25) is 0 Å². The first-order chi connectivity index (χ1) is 8.37. The minimum Gasteiger partial charge on any atom is -0.309 e. The van der Waals surface area contributed by atoms with Gasteiger partial charge < -0.3 is 4.57 Å². The molecular weight excluding hydrogens is 270 g/mol. The molecule has 0 aliphatic carbocycles. The van der Waals surface area contributed by atoms with Gasteiger partial charge in [0.1, 0.15) is 5.82 Å². The average Bonchev–Trinajstić information content (AvgIpc) is 2.75. The molecule has 1 unspecified atom stereocenters. The van der Waals surface area contributed by atoms with Gasteiger partial charge in [0.15, 0.2) is 15.0 Å². The number of nitrogens with zero attached hydrogens (tertiary/aromatic N) is 3. The Kier molecular flexibility index (Phi) is 4.01. The molecule has 18 heavy (non-hydrogen) atoms. The van der Waals surface area contributed by atoms with Gasteiger partial charge in [0.05, 0.1) is 11.5 Å². The molecule has 0 N–H and O–H groups in total. The zero-order valence-electron chi connectivity index (χ0n) is 11.0. The number of hydrogen-bond acceptors (Lipinski definition) is 5. The van der Waals surface area contributed by atoms with Crippen LogP contribution in [0.25, 0.3) is 0 Å². The Balaban J connectivity index is 2.04. The predicted octanol–water partition coefficient (Wildman–Crippen LogP) is 1.29. The average molecular weight is 289 g/mol. The van der Waals surface area contributed by atoms with Crippen molar-refractivity contribution in [2.45, 2.75) is 37.1 Å². The maximum atomic E-state index is 11.4. The van der Waals surface area contributed by atoms with E-state index in [1.165, 1.54) is 0 Å². The van der Waals surface area contributed by atoms with Gasteiger partial charge in [-0.15, -0.1) is 10.2 Å². The summed E-state index contributed by atoms with van der Waals surface area (Å²) in [4.78, 5) is 0. The molecule has 0 spiro atoms. The Morgan fingerprint density at radius 2 is 2.17 bits per heavy atom. The molecule has 1 aliphatic heterocycles. The van der Waals surface area contributed by atoms with Crippen LogP contribution in [-0.2, 0) is 23.3 Å². The lowest BCUT2D eigenvalue weighted by molar-refractivity contribution is 0.552. The van der Waals surface area contributed by atoms with E-state index in [0.717, 1.165) is 17.4 Å². The molecule has 102 valence electrons. The highest BCUT2D eigenvalue weighted by molar-refractivity contribution is 7.99. The summed E-state index contributed by atoms with van der Waals surface area (Å²) in [5, 5.41) is 9.71. The molecule has 5 nitrogen and oxygen atoms in total. The van der Waals surface area contributed by atoms with Crippen LogP contribution in [0.2, 0.25) is 0 Å². The van der Waals surface area contributed by atoms with Crippen molar-refractivity contribution in [3.8, 4) is 0 Å². The fraction of sp³-hybridized carbons (Fsp3) is 0.818. The zero-order valence-corrected chi connectivity index (χ0v) is 12.6. The molecule has 2 heterocycles. The van der Waals surface area contributed by atoms with Crippen molar-refractivity contribution in [3.63, 3.8) is 0 Å². The number of thioether (sulfide) groups is 1. The summed E-state index contributed by atoms with van der Waals surface area (Å²) in [6.07, 6.45) is 1.46. The van der Waals surface area contributed by atoms with E-state index in [-0.39, 0.29) is 5.92 Å². The molecule has 0 saturated carbocycles. The van der Waals surface area contributed by atoms with Crippen LogP contribution in [0.5, 0.6) is 0 Å². The second kappa shape index (κ2) is 5.21. The van der Waals surface area contributed by atoms with E-state index < -0.39 is 9.84 Å². The third-order valence-electron chi connectivity index (χ3n) is 3.06. The first-order valence-corrected chi connectivity index (χ1v) is 8.83. The molecule has 0 aromatic carbocycles. The Bertz CT molecular complexity index is 522. The van der Waals surface area contributed by atoms with Gasteiger partial charge in [-0.25, -0.2) is 8.42 Å². The van der Waals surface area contributed by atoms with Crippen molar-refractivity contribution in [1.29, 1.82) is 0 Å². The molecule has 1 saturated heterocycles. The van der Waals surface area contributed by atoms with E-state index >= 15 is 0 Å². The normalized spacial score (nSPS) is 22.8. The lowest BCUT2D eigenvalue weighted by atomic mass is 10.1. The summed E-state index contributed by atoms with van der Waals surface area (Å²) in [5.74, 6) is 1.71.